The first-order chi connectivity index (χ1) is 7.70. The van der Waals surface area contributed by atoms with Gasteiger partial charge in [-0.25, -0.2) is 4.98 Å². The first-order valence-electron chi connectivity index (χ1n) is 5.54. The number of hydrogen-bond acceptors (Lipinski definition) is 2. The van der Waals surface area contributed by atoms with E-state index in [1.807, 2.05) is 11.9 Å². The molecule has 16 heavy (non-hydrogen) atoms. The third-order valence-corrected chi connectivity index (χ3v) is 3.96. The lowest BCUT2D eigenvalue weighted by Gasteiger charge is -2.30. The summed E-state index contributed by atoms with van der Waals surface area (Å²) in [4.78, 5) is 18.0. The van der Waals surface area contributed by atoms with Crippen LogP contribution in [0, 0.1) is 5.92 Å². The molecule has 0 aromatic carbocycles. The molecule has 2 heterocycles. The van der Waals surface area contributed by atoms with Crippen molar-refractivity contribution in [2.24, 2.45) is 13.0 Å². The van der Waals surface area contributed by atoms with Gasteiger partial charge in [0.05, 0.1) is 6.33 Å². The van der Waals surface area contributed by atoms with Gasteiger partial charge in [-0.3, -0.25) is 4.79 Å². The molecule has 88 valence electrons. The van der Waals surface area contributed by atoms with Crippen LogP contribution >= 0.6 is 15.9 Å². The Labute approximate surface area is 104 Å². The van der Waals surface area contributed by atoms with E-state index in [-0.39, 0.29) is 5.91 Å². The second-order valence-corrected chi connectivity index (χ2v) is 4.96. The number of halogens is 1. The van der Waals surface area contributed by atoms with Gasteiger partial charge in [0, 0.05) is 31.7 Å². The molecule has 0 unspecified atom stereocenters. The largest absolute Gasteiger partial charge is 0.340 e. The molecule has 1 aliphatic rings. The number of hydrogen-bond donors (Lipinski definition) is 0. The zero-order valence-corrected chi connectivity index (χ0v) is 11.0. The van der Waals surface area contributed by atoms with Crippen LogP contribution in [-0.2, 0) is 7.05 Å². The minimum Gasteiger partial charge on any atom is -0.340 e. The van der Waals surface area contributed by atoms with Crippen LogP contribution in [0.2, 0.25) is 0 Å². The SMILES string of the molecule is Cn1cnc(C(=O)N2CCC(CBr)CC2)c1. The number of piperidine rings is 1. The first-order valence-corrected chi connectivity index (χ1v) is 6.66. The van der Waals surface area contributed by atoms with Crippen molar-refractivity contribution in [2.45, 2.75) is 12.8 Å². The highest BCUT2D eigenvalue weighted by Gasteiger charge is 2.23. The molecule has 1 fully saturated rings. The summed E-state index contributed by atoms with van der Waals surface area (Å²) >= 11 is 3.50. The van der Waals surface area contributed by atoms with Gasteiger partial charge in [0.25, 0.3) is 5.91 Å². The van der Waals surface area contributed by atoms with Crippen LogP contribution in [0.15, 0.2) is 12.5 Å². The topological polar surface area (TPSA) is 38.1 Å². The molecule has 1 aromatic heterocycles. The van der Waals surface area contributed by atoms with E-state index < -0.39 is 0 Å². The zero-order chi connectivity index (χ0) is 11.5. The Morgan fingerprint density at radius 2 is 2.25 bits per heavy atom. The maximum absolute atomic E-state index is 12.0. The molecule has 1 saturated heterocycles. The molecule has 5 heteroatoms. The summed E-state index contributed by atoms with van der Waals surface area (Å²) in [6.07, 6.45) is 5.62. The molecular weight excluding hydrogens is 270 g/mol. The van der Waals surface area contributed by atoms with Gasteiger partial charge in [-0.05, 0) is 18.8 Å². The normalized spacial score (nSPS) is 17.8. The molecular formula is C11H16BrN3O. The fourth-order valence-electron chi connectivity index (χ4n) is 1.98. The van der Waals surface area contributed by atoms with Gasteiger partial charge in [0.1, 0.15) is 5.69 Å². The minimum atomic E-state index is 0.0635. The monoisotopic (exact) mass is 285 g/mol. The molecule has 2 rings (SSSR count). The summed E-state index contributed by atoms with van der Waals surface area (Å²) < 4.78 is 1.80. The van der Waals surface area contributed by atoms with Crippen molar-refractivity contribution in [2.75, 3.05) is 18.4 Å². The second kappa shape index (κ2) is 4.99. The molecule has 0 spiro atoms. The van der Waals surface area contributed by atoms with E-state index in [0.717, 1.165) is 31.3 Å². The van der Waals surface area contributed by atoms with Crippen molar-refractivity contribution >= 4 is 21.8 Å². The fourth-order valence-corrected chi connectivity index (χ4v) is 2.62. The fraction of sp³-hybridized carbons (Fsp3) is 0.636. The maximum atomic E-state index is 12.0. The van der Waals surface area contributed by atoms with E-state index in [9.17, 15) is 4.79 Å². The van der Waals surface area contributed by atoms with Crippen molar-refractivity contribution in [1.82, 2.24) is 14.5 Å². The van der Waals surface area contributed by atoms with Crippen LogP contribution in [-0.4, -0.2) is 38.8 Å². The van der Waals surface area contributed by atoms with Gasteiger partial charge >= 0.3 is 0 Å². The van der Waals surface area contributed by atoms with E-state index >= 15 is 0 Å². The summed E-state index contributed by atoms with van der Waals surface area (Å²) in [7, 11) is 1.88. The first kappa shape index (κ1) is 11.6. The molecule has 0 radical (unpaired) electrons. The quantitative estimate of drug-likeness (QED) is 0.776. The minimum absolute atomic E-state index is 0.0635. The van der Waals surface area contributed by atoms with Gasteiger partial charge in [-0.1, -0.05) is 15.9 Å². The molecule has 0 bridgehead atoms. The molecule has 1 aromatic rings. The molecule has 0 saturated carbocycles. The van der Waals surface area contributed by atoms with Gasteiger partial charge in [-0.2, -0.15) is 0 Å². The third-order valence-electron chi connectivity index (χ3n) is 3.04. The molecule has 0 N–H and O–H groups in total. The highest BCUT2D eigenvalue weighted by molar-refractivity contribution is 9.09. The summed E-state index contributed by atoms with van der Waals surface area (Å²) in [6, 6.07) is 0. The number of likely N-dealkylation sites (tertiary alicyclic amines) is 1. The van der Waals surface area contributed by atoms with Crippen molar-refractivity contribution < 1.29 is 4.79 Å². The third kappa shape index (κ3) is 2.45. The zero-order valence-electron chi connectivity index (χ0n) is 9.40. The van der Waals surface area contributed by atoms with Gasteiger partial charge < -0.3 is 9.47 Å². The molecule has 1 aliphatic heterocycles. The van der Waals surface area contributed by atoms with Gasteiger partial charge in [0.2, 0.25) is 0 Å². The number of carbonyl (C=O) groups is 1. The van der Waals surface area contributed by atoms with Crippen LogP contribution in [0.5, 0.6) is 0 Å². The lowest BCUT2D eigenvalue weighted by Crippen LogP contribution is -2.38. The van der Waals surface area contributed by atoms with E-state index in [2.05, 4.69) is 20.9 Å². The Hall–Kier alpha value is -0.840. The Bertz CT molecular complexity index is 369. The molecule has 1 amide bonds. The van der Waals surface area contributed by atoms with Crippen LogP contribution < -0.4 is 0 Å². The molecule has 0 aliphatic carbocycles. The van der Waals surface area contributed by atoms with E-state index in [4.69, 9.17) is 0 Å². The molecule has 4 nitrogen and oxygen atoms in total. The van der Waals surface area contributed by atoms with Crippen LogP contribution in [0.4, 0.5) is 0 Å². The van der Waals surface area contributed by atoms with Gasteiger partial charge in [-0.15, -0.1) is 0 Å². The number of amides is 1. The van der Waals surface area contributed by atoms with Crippen molar-refractivity contribution in [3.8, 4) is 0 Å². The smallest absolute Gasteiger partial charge is 0.274 e. The summed E-state index contributed by atoms with van der Waals surface area (Å²) in [5.74, 6) is 0.779. The standard InChI is InChI=1S/C11H16BrN3O/c1-14-7-10(13-8-14)11(16)15-4-2-9(6-12)3-5-15/h7-9H,2-6H2,1H3. The number of rotatable bonds is 2. The van der Waals surface area contributed by atoms with Crippen LogP contribution in [0.3, 0.4) is 0 Å². The van der Waals surface area contributed by atoms with Crippen LogP contribution in [0.1, 0.15) is 23.3 Å². The maximum Gasteiger partial charge on any atom is 0.274 e. The Morgan fingerprint density at radius 1 is 1.56 bits per heavy atom. The summed E-state index contributed by atoms with van der Waals surface area (Å²) in [5.41, 5.74) is 0.555. The number of imidazole rings is 1. The second-order valence-electron chi connectivity index (χ2n) is 4.31. The lowest BCUT2D eigenvalue weighted by atomic mass is 9.99. The van der Waals surface area contributed by atoms with Crippen molar-refractivity contribution in [3.05, 3.63) is 18.2 Å². The van der Waals surface area contributed by atoms with Gasteiger partial charge in [0.15, 0.2) is 0 Å². The predicted octanol–water partition coefficient (Wildman–Crippen LogP) is 1.67. The van der Waals surface area contributed by atoms with E-state index in [0.29, 0.717) is 11.6 Å². The number of aryl methyl sites for hydroxylation is 1. The van der Waals surface area contributed by atoms with Crippen molar-refractivity contribution in [1.29, 1.82) is 0 Å². The number of aromatic nitrogens is 2. The highest BCUT2D eigenvalue weighted by Crippen LogP contribution is 2.20. The predicted molar refractivity (Wildman–Crippen MR) is 65.6 cm³/mol. The number of alkyl halides is 1. The molecule has 0 atom stereocenters. The number of carbonyl (C=O) groups excluding carboxylic acids is 1. The van der Waals surface area contributed by atoms with E-state index in [1.54, 1.807) is 17.1 Å². The summed E-state index contributed by atoms with van der Waals surface area (Å²) in [6.45, 7) is 1.71. The highest BCUT2D eigenvalue weighted by atomic mass is 79.9. The lowest BCUT2D eigenvalue weighted by molar-refractivity contribution is 0.0693. The Morgan fingerprint density at radius 3 is 2.75 bits per heavy atom. The number of nitrogens with zero attached hydrogens (tertiary/aromatic N) is 3. The average Bonchev–Trinajstić information content (AvgIpc) is 2.75. The Balaban J connectivity index is 1.96. The Kier molecular flexibility index (Phi) is 3.63. The summed E-state index contributed by atoms with van der Waals surface area (Å²) in [5, 5.41) is 1.04. The van der Waals surface area contributed by atoms with E-state index in [1.165, 1.54) is 0 Å². The van der Waals surface area contributed by atoms with Crippen LogP contribution in [0.25, 0.3) is 0 Å². The average molecular weight is 286 g/mol. The van der Waals surface area contributed by atoms with Crippen molar-refractivity contribution in [3.63, 3.8) is 0 Å².